The van der Waals surface area contributed by atoms with Gasteiger partial charge in [-0.1, -0.05) is 0 Å². The lowest BCUT2D eigenvalue weighted by atomic mass is 10.2. The van der Waals surface area contributed by atoms with Gasteiger partial charge in [0.1, 0.15) is 0 Å². The largest absolute Gasteiger partial charge is 0.465 e. The van der Waals surface area contributed by atoms with Crippen LogP contribution in [0.15, 0.2) is 0 Å². The van der Waals surface area contributed by atoms with Gasteiger partial charge >= 0.3 is 6.09 Å². The molecule has 1 amide bonds. The van der Waals surface area contributed by atoms with E-state index in [0.717, 1.165) is 0 Å². The van der Waals surface area contributed by atoms with Gasteiger partial charge in [-0.05, 0) is 6.92 Å². The highest BCUT2D eigenvalue weighted by molar-refractivity contribution is 7.80. The molecule has 1 heterocycles. The van der Waals surface area contributed by atoms with Crippen molar-refractivity contribution < 1.29 is 9.90 Å². The van der Waals surface area contributed by atoms with Crippen LogP contribution in [0.3, 0.4) is 0 Å². The molecular weight excluding hydrogens is 164 g/mol. The molecule has 2 N–H and O–H groups in total. The zero-order valence-corrected chi connectivity index (χ0v) is 7.21. The highest BCUT2D eigenvalue weighted by atomic mass is 32.1. The van der Waals surface area contributed by atoms with Gasteiger partial charge in [0.2, 0.25) is 0 Å². The lowest BCUT2D eigenvalue weighted by molar-refractivity contribution is 0.128. The van der Waals surface area contributed by atoms with Crippen molar-refractivity contribution in [1.82, 2.24) is 10.2 Å². The number of rotatable bonds is 0. The molecule has 1 rings (SSSR count). The van der Waals surface area contributed by atoms with E-state index in [-0.39, 0.29) is 11.4 Å². The van der Waals surface area contributed by atoms with Gasteiger partial charge in [-0.25, -0.2) is 4.79 Å². The normalized spacial score (nSPS) is 32.0. The highest BCUT2D eigenvalue weighted by Crippen LogP contribution is 2.06. The maximum Gasteiger partial charge on any atom is 0.407 e. The number of carboxylic acid groups (broad SMARTS) is 1. The molecule has 64 valence electrons. The smallest absolute Gasteiger partial charge is 0.407 e. The van der Waals surface area contributed by atoms with Crippen LogP contribution in [0, 0.1) is 0 Å². The van der Waals surface area contributed by atoms with Crippen LogP contribution in [0.1, 0.15) is 6.92 Å². The number of thiol groups is 1. The lowest BCUT2D eigenvalue weighted by Gasteiger charge is -2.33. The average Bonchev–Trinajstić information content (AvgIpc) is 1.85. The fraction of sp³-hybridized carbons (Fsp3) is 0.833. The summed E-state index contributed by atoms with van der Waals surface area (Å²) in [5.41, 5.74) is 0. The molecule has 1 aliphatic rings. The molecule has 0 aromatic carbocycles. The predicted octanol–water partition coefficient (Wildman–Crippen LogP) is 0.214. The molecule has 1 aliphatic heterocycles. The Morgan fingerprint density at radius 1 is 1.73 bits per heavy atom. The van der Waals surface area contributed by atoms with E-state index in [2.05, 4.69) is 17.9 Å². The molecule has 0 aliphatic carbocycles. The maximum absolute atomic E-state index is 10.5. The van der Waals surface area contributed by atoms with Gasteiger partial charge in [0.25, 0.3) is 0 Å². The molecular formula is C6H12N2O2S. The predicted molar refractivity (Wildman–Crippen MR) is 45.0 cm³/mol. The van der Waals surface area contributed by atoms with Crippen molar-refractivity contribution in [2.75, 3.05) is 13.1 Å². The number of hydrogen-bond donors (Lipinski definition) is 3. The van der Waals surface area contributed by atoms with E-state index in [1.165, 1.54) is 4.90 Å². The van der Waals surface area contributed by atoms with Crippen LogP contribution in [0.4, 0.5) is 4.79 Å². The Morgan fingerprint density at radius 2 is 2.36 bits per heavy atom. The van der Waals surface area contributed by atoms with Gasteiger partial charge in [0, 0.05) is 19.1 Å². The topological polar surface area (TPSA) is 52.6 Å². The third-order valence-corrected chi connectivity index (χ3v) is 1.95. The Morgan fingerprint density at radius 3 is 2.82 bits per heavy atom. The summed E-state index contributed by atoms with van der Waals surface area (Å²) >= 11 is 4.16. The minimum atomic E-state index is -0.864. The van der Waals surface area contributed by atoms with Crippen LogP contribution in [0.5, 0.6) is 0 Å². The van der Waals surface area contributed by atoms with Crippen LogP contribution in [-0.4, -0.2) is 40.6 Å². The third kappa shape index (κ3) is 2.27. The van der Waals surface area contributed by atoms with Crippen LogP contribution < -0.4 is 5.32 Å². The van der Waals surface area contributed by atoms with Gasteiger partial charge < -0.3 is 10.0 Å². The maximum atomic E-state index is 10.5. The van der Waals surface area contributed by atoms with Gasteiger partial charge in [-0.2, -0.15) is 12.6 Å². The van der Waals surface area contributed by atoms with E-state index >= 15 is 0 Å². The SMILES string of the molecule is CC1CN(C(=O)O)CC(S)N1. The molecule has 5 heteroatoms. The van der Waals surface area contributed by atoms with Gasteiger partial charge in [0.05, 0.1) is 5.37 Å². The third-order valence-electron chi connectivity index (χ3n) is 1.63. The van der Waals surface area contributed by atoms with Crippen molar-refractivity contribution in [2.45, 2.75) is 18.3 Å². The second kappa shape index (κ2) is 3.32. The Bertz CT molecular complexity index is 155. The summed E-state index contributed by atoms with van der Waals surface area (Å²) < 4.78 is 0. The minimum absolute atomic E-state index is 0.0325. The zero-order chi connectivity index (χ0) is 8.43. The number of carbonyl (C=O) groups is 1. The van der Waals surface area contributed by atoms with E-state index < -0.39 is 6.09 Å². The number of amides is 1. The highest BCUT2D eigenvalue weighted by Gasteiger charge is 2.24. The monoisotopic (exact) mass is 176 g/mol. The van der Waals surface area contributed by atoms with Crippen LogP contribution in [0.25, 0.3) is 0 Å². The fourth-order valence-electron chi connectivity index (χ4n) is 1.20. The van der Waals surface area contributed by atoms with Crippen molar-refractivity contribution in [3.05, 3.63) is 0 Å². The first-order chi connectivity index (χ1) is 5.09. The Hall–Kier alpha value is -0.420. The van der Waals surface area contributed by atoms with Crippen LogP contribution in [-0.2, 0) is 0 Å². The van der Waals surface area contributed by atoms with Crippen molar-refractivity contribution in [3.63, 3.8) is 0 Å². The second-order valence-corrected chi connectivity index (χ2v) is 3.39. The summed E-state index contributed by atoms with van der Waals surface area (Å²) in [5.74, 6) is 0. The number of nitrogens with one attached hydrogen (secondary N) is 1. The molecule has 1 fully saturated rings. The second-order valence-electron chi connectivity index (χ2n) is 2.77. The molecule has 1 saturated heterocycles. The standard InChI is InChI=1S/C6H12N2O2S/c1-4-2-8(6(9)10)3-5(11)7-4/h4-5,7,11H,2-3H2,1H3,(H,9,10). The van der Waals surface area contributed by atoms with Crippen molar-refractivity contribution in [2.24, 2.45) is 0 Å². The average molecular weight is 176 g/mol. The molecule has 0 radical (unpaired) electrons. The lowest BCUT2D eigenvalue weighted by Crippen LogP contribution is -2.54. The number of hydrogen-bond acceptors (Lipinski definition) is 3. The first kappa shape index (κ1) is 8.67. The molecule has 0 aromatic heterocycles. The van der Waals surface area contributed by atoms with E-state index in [4.69, 9.17) is 5.11 Å². The summed E-state index contributed by atoms with van der Waals surface area (Å²) in [4.78, 5) is 11.9. The minimum Gasteiger partial charge on any atom is -0.465 e. The van der Waals surface area contributed by atoms with E-state index in [1.54, 1.807) is 0 Å². The summed E-state index contributed by atoms with van der Waals surface area (Å²) in [6, 6.07) is 0.197. The zero-order valence-electron chi connectivity index (χ0n) is 6.32. The quantitative estimate of drug-likeness (QED) is 0.463. The Balaban J connectivity index is 2.49. The Kier molecular flexibility index (Phi) is 2.62. The number of nitrogens with zero attached hydrogens (tertiary/aromatic N) is 1. The van der Waals surface area contributed by atoms with Crippen LogP contribution >= 0.6 is 12.6 Å². The van der Waals surface area contributed by atoms with Gasteiger partial charge in [-0.15, -0.1) is 0 Å². The number of piperazine rings is 1. The first-order valence-electron chi connectivity index (χ1n) is 3.51. The molecule has 0 aromatic rings. The van der Waals surface area contributed by atoms with Crippen molar-refractivity contribution in [1.29, 1.82) is 0 Å². The van der Waals surface area contributed by atoms with E-state index in [9.17, 15) is 4.79 Å². The first-order valence-corrected chi connectivity index (χ1v) is 4.03. The molecule has 0 saturated carbocycles. The molecule has 4 nitrogen and oxygen atoms in total. The molecule has 11 heavy (non-hydrogen) atoms. The fourth-order valence-corrected chi connectivity index (χ4v) is 1.66. The summed E-state index contributed by atoms with van der Waals surface area (Å²) in [5, 5.41) is 11.7. The Labute approximate surface area is 71.0 Å². The van der Waals surface area contributed by atoms with Gasteiger partial charge in [0.15, 0.2) is 0 Å². The van der Waals surface area contributed by atoms with Crippen molar-refractivity contribution in [3.8, 4) is 0 Å². The summed E-state index contributed by atoms with van der Waals surface area (Å²) in [6.07, 6.45) is -0.864. The molecule has 2 unspecified atom stereocenters. The summed E-state index contributed by atoms with van der Waals surface area (Å²) in [6.45, 7) is 2.95. The van der Waals surface area contributed by atoms with E-state index in [0.29, 0.717) is 13.1 Å². The summed E-state index contributed by atoms with van der Waals surface area (Å²) in [7, 11) is 0. The molecule has 0 spiro atoms. The van der Waals surface area contributed by atoms with Crippen molar-refractivity contribution >= 4 is 18.7 Å². The molecule has 2 atom stereocenters. The molecule has 0 bridgehead atoms. The van der Waals surface area contributed by atoms with E-state index in [1.807, 2.05) is 6.92 Å². The van der Waals surface area contributed by atoms with Gasteiger partial charge in [-0.3, -0.25) is 5.32 Å². The van der Waals surface area contributed by atoms with Crippen LogP contribution in [0.2, 0.25) is 0 Å².